The first-order chi connectivity index (χ1) is 15.2. The Balaban J connectivity index is 1.52. The highest BCUT2D eigenvalue weighted by Crippen LogP contribution is 2.20. The van der Waals surface area contributed by atoms with Crippen LogP contribution in [0.2, 0.25) is 0 Å². The summed E-state index contributed by atoms with van der Waals surface area (Å²) in [5.74, 6) is 0.277. The molecule has 1 saturated heterocycles. The quantitative estimate of drug-likeness (QED) is 0.467. The maximum atomic E-state index is 13.4. The van der Waals surface area contributed by atoms with Crippen LogP contribution in [0.25, 0.3) is 11.6 Å². The summed E-state index contributed by atoms with van der Waals surface area (Å²) in [6, 6.07) is 17.7. The zero-order chi connectivity index (χ0) is 21.5. The molecule has 1 aliphatic heterocycles. The minimum atomic E-state index is -0.327. The van der Waals surface area contributed by atoms with Gasteiger partial charge in [-0.25, -0.2) is 14.4 Å². The van der Waals surface area contributed by atoms with Crippen LogP contribution in [-0.2, 0) is 4.79 Å². The second kappa shape index (κ2) is 9.80. The third kappa shape index (κ3) is 5.22. The largest absolute Gasteiger partial charge is 0.337 e. The Morgan fingerprint density at radius 1 is 0.871 bits per heavy atom. The van der Waals surface area contributed by atoms with Gasteiger partial charge in [-0.1, -0.05) is 54.6 Å². The number of carbonyl (C=O) groups excluding carboxylic acids is 1. The molecule has 31 heavy (non-hydrogen) atoms. The van der Waals surface area contributed by atoms with E-state index in [1.54, 1.807) is 36.7 Å². The summed E-state index contributed by atoms with van der Waals surface area (Å²) < 4.78 is 13.4. The van der Waals surface area contributed by atoms with Crippen LogP contribution in [0.4, 0.5) is 10.3 Å². The number of rotatable bonds is 5. The zero-order valence-corrected chi connectivity index (χ0v) is 17.1. The summed E-state index contributed by atoms with van der Waals surface area (Å²) in [6.45, 7) is 2.45. The fourth-order valence-electron chi connectivity index (χ4n) is 3.47. The number of piperazine rings is 1. The van der Waals surface area contributed by atoms with Gasteiger partial charge in [0, 0.05) is 44.1 Å². The van der Waals surface area contributed by atoms with Crippen LogP contribution in [0.15, 0.2) is 85.2 Å². The first kappa shape index (κ1) is 20.5. The van der Waals surface area contributed by atoms with Crippen molar-refractivity contribution in [3.05, 3.63) is 102 Å². The molecule has 3 aromatic rings. The number of hydrogen-bond donors (Lipinski definition) is 0. The summed E-state index contributed by atoms with van der Waals surface area (Å²) >= 11 is 0. The van der Waals surface area contributed by atoms with Crippen LogP contribution in [0.1, 0.15) is 11.1 Å². The van der Waals surface area contributed by atoms with E-state index in [9.17, 15) is 9.18 Å². The first-order valence-corrected chi connectivity index (χ1v) is 10.2. The van der Waals surface area contributed by atoms with Crippen LogP contribution < -0.4 is 4.90 Å². The van der Waals surface area contributed by atoms with Crippen molar-refractivity contribution in [2.24, 2.45) is 0 Å². The molecule has 0 spiro atoms. The van der Waals surface area contributed by atoms with Gasteiger partial charge in [-0.05, 0) is 35.4 Å². The number of anilines is 1. The minimum Gasteiger partial charge on any atom is -0.337 e. The van der Waals surface area contributed by atoms with Gasteiger partial charge in [-0.2, -0.15) is 0 Å². The highest BCUT2D eigenvalue weighted by molar-refractivity contribution is 6.19. The van der Waals surface area contributed by atoms with Crippen LogP contribution in [0, 0.1) is 5.82 Å². The molecule has 1 fully saturated rings. The van der Waals surface area contributed by atoms with Crippen molar-refractivity contribution in [3.8, 4) is 0 Å². The summed E-state index contributed by atoms with van der Waals surface area (Å²) in [5, 5.41) is 0. The topological polar surface area (TPSA) is 49.3 Å². The van der Waals surface area contributed by atoms with E-state index in [-0.39, 0.29) is 11.7 Å². The number of hydrogen-bond acceptors (Lipinski definition) is 4. The van der Waals surface area contributed by atoms with Gasteiger partial charge >= 0.3 is 0 Å². The zero-order valence-electron chi connectivity index (χ0n) is 17.1. The van der Waals surface area contributed by atoms with Gasteiger partial charge in [0.1, 0.15) is 5.82 Å². The number of benzene rings is 2. The molecule has 0 N–H and O–H groups in total. The summed E-state index contributed by atoms with van der Waals surface area (Å²) in [6.07, 6.45) is 9.04. The fraction of sp³-hybridized carbons (Fsp3) is 0.160. The smallest absolute Gasteiger partial charge is 0.254 e. The molecule has 5 nitrogen and oxygen atoms in total. The summed E-state index contributed by atoms with van der Waals surface area (Å²) in [5.41, 5.74) is 2.27. The van der Waals surface area contributed by atoms with Gasteiger partial charge in [0.2, 0.25) is 5.95 Å². The monoisotopic (exact) mass is 414 g/mol. The van der Waals surface area contributed by atoms with Gasteiger partial charge < -0.3 is 9.80 Å². The summed E-state index contributed by atoms with van der Waals surface area (Å²) in [7, 11) is 0. The van der Waals surface area contributed by atoms with Crippen molar-refractivity contribution in [1.82, 2.24) is 14.9 Å². The van der Waals surface area contributed by atoms with Gasteiger partial charge in [0.15, 0.2) is 0 Å². The number of nitrogens with zero attached hydrogens (tertiary/aromatic N) is 4. The number of carbonyl (C=O) groups is 1. The lowest BCUT2D eigenvalue weighted by Gasteiger charge is -2.35. The van der Waals surface area contributed by atoms with Gasteiger partial charge in [-0.3, -0.25) is 4.79 Å². The number of aromatic nitrogens is 2. The van der Waals surface area contributed by atoms with E-state index in [0.717, 1.165) is 5.56 Å². The standard InChI is InChI=1S/C25H23FN4O/c26-22-12-10-21(11-13-22)23(9-4-8-20-6-2-1-3-7-20)24(31)29-16-18-30(19-17-29)25-27-14-5-15-28-25/h1-15H,16-19H2/b8-4+,23-9+. The molecule has 156 valence electrons. The normalized spacial score (nSPS) is 14.8. The maximum absolute atomic E-state index is 13.4. The molecule has 1 aromatic heterocycles. The van der Waals surface area contributed by atoms with Gasteiger partial charge in [-0.15, -0.1) is 0 Å². The van der Waals surface area contributed by atoms with Crippen molar-refractivity contribution in [1.29, 1.82) is 0 Å². The Hall–Kier alpha value is -3.80. The highest BCUT2D eigenvalue weighted by atomic mass is 19.1. The van der Waals surface area contributed by atoms with E-state index in [1.165, 1.54) is 12.1 Å². The van der Waals surface area contributed by atoms with Crippen LogP contribution in [0.5, 0.6) is 0 Å². The van der Waals surface area contributed by atoms with Gasteiger partial charge in [0.05, 0.1) is 0 Å². The third-order valence-electron chi connectivity index (χ3n) is 5.14. The van der Waals surface area contributed by atoms with Crippen molar-refractivity contribution < 1.29 is 9.18 Å². The molecule has 2 heterocycles. The van der Waals surface area contributed by atoms with E-state index in [0.29, 0.717) is 43.3 Å². The van der Waals surface area contributed by atoms with Crippen LogP contribution in [0.3, 0.4) is 0 Å². The number of amides is 1. The Morgan fingerprint density at radius 3 is 2.23 bits per heavy atom. The molecule has 0 saturated carbocycles. The van der Waals surface area contributed by atoms with Crippen molar-refractivity contribution in [3.63, 3.8) is 0 Å². The molecular weight excluding hydrogens is 391 g/mol. The molecule has 0 atom stereocenters. The molecule has 1 amide bonds. The molecule has 2 aromatic carbocycles. The van der Waals surface area contributed by atoms with Gasteiger partial charge in [0.25, 0.3) is 5.91 Å². The highest BCUT2D eigenvalue weighted by Gasteiger charge is 2.25. The molecular formula is C25H23FN4O. The summed E-state index contributed by atoms with van der Waals surface area (Å²) in [4.78, 5) is 25.8. The molecule has 0 aliphatic carbocycles. The van der Waals surface area contributed by atoms with Crippen LogP contribution in [-0.4, -0.2) is 47.0 Å². The second-order valence-corrected chi connectivity index (χ2v) is 7.19. The van der Waals surface area contributed by atoms with Crippen molar-refractivity contribution in [2.45, 2.75) is 0 Å². The van der Waals surface area contributed by atoms with Crippen molar-refractivity contribution >= 4 is 23.5 Å². The lowest BCUT2D eigenvalue weighted by atomic mass is 10.0. The Morgan fingerprint density at radius 2 is 1.55 bits per heavy atom. The predicted octanol–water partition coefficient (Wildman–Crippen LogP) is 4.06. The molecule has 0 unspecified atom stereocenters. The lowest BCUT2D eigenvalue weighted by molar-refractivity contribution is -0.125. The maximum Gasteiger partial charge on any atom is 0.254 e. The van der Waals surface area contributed by atoms with E-state index in [4.69, 9.17) is 0 Å². The van der Waals surface area contributed by atoms with E-state index in [1.807, 2.05) is 47.4 Å². The molecule has 0 radical (unpaired) electrons. The second-order valence-electron chi connectivity index (χ2n) is 7.19. The molecule has 6 heteroatoms. The average Bonchev–Trinajstić information content (AvgIpc) is 2.84. The van der Waals surface area contributed by atoms with Crippen molar-refractivity contribution in [2.75, 3.05) is 31.1 Å². The molecule has 0 bridgehead atoms. The Labute approximate surface area is 181 Å². The van der Waals surface area contributed by atoms with Crippen LogP contribution >= 0.6 is 0 Å². The number of halogens is 1. The predicted molar refractivity (Wildman–Crippen MR) is 121 cm³/mol. The minimum absolute atomic E-state index is 0.0713. The first-order valence-electron chi connectivity index (χ1n) is 10.2. The van der Waals surface area contributed by atoms with E-state index < -0.39 is 0 Å². The third-order valence-corrected chi connectivity index (χ3v) is 5.14. The van der Waals surface area contributed by atoms with E-state index >= 15 is 0 Å². The Bertz CT molecular complexity index is 1060. The SMILES string of the molecule is O=C(/C(=C/C=C/c1ccccc1)c1ccc(F)cc1)N1CCN(c2ncccn2)CC1. The average molecular weight is 414 g/mol. The van der Waals surface area contributed by atoms with E-state index in [2.05, 4.69) is 14.9 Å². The molecule has 4 rings (SSSR count). The fourth-order valence-corrected chi connectivity index (χ4v) is 3.47. The Kier molecular flexibility index (Phi) is 6.47. The molecule has 1 aliphatic rings. The lowest BCUT2D eigenvalue weighted by Crippen LogP contribution is -2.49. The number of allylic oxidation sites excluding steroid dienone is 2.